The normalized spacial score (nSPS) is 13.0. The minimum Gasteiger partial charge on any atom is -0.462 e. The summed E-state index contributed by atoms with van der Waals surface area (Å²) in [6.07, 6.45) is -2.98. The number of carbonyl (C=O) groups is 2. The number of ether oxygens (including phenoxy) is 2. The number of halogens is 6. The number of hydrogen-bond acceptors (Lipinski definition) is 4. The van der Waals surface area contributed by atoms with Crippen LogP contribution in [0.25, 0.3) is 0 Å². The number of hydrogen-bond donors (Lipinski definition) is 4. The summed E-state index contributed by atoms with van der Waals surface area (Å²) in [6, 6.07) is 18.9. The molecule has 0 aliphatic carbocycles. The molecule has 0 spiro atoms. The van der Waals surface area contributed by atoms with Crippen LogP contribution in [0.3, 0.4) is 0 Å². The van der Waals surface area contributed by atoms with Crippen molar-refractivity contribution in [2.75, 3.05) is 10.6 Å². The average molecular weight is 669 g/mol. The van der Waals surface area contributed by atoms with E-state index < -0.39 is 32.1 Å². The smallest absolute Gasteiger partial charge is 0.322 e. The topological polar surface area (TPSA) is 101 Å². The van der Waals surface area contributed by atoms with Gasteiger partial charge in [-0.25, -0.2) is 9.59 Å². The summed E-state index contributed by atoms with van der Waals surface area (Å²) in [4.78, 5) is 25.2. The van der Waals surface area contributed by atoms with Crippen LogP contribution in [0.2, 0.25) is 0 Å². The Hall–Kier alpha value is -2.46. The monoisotopic (exact) mass is 666 g/mol. The van der Waals surface area contributed by atoms with E-state index in [9.17, 15) is 9.59 Å². The summed E-state index contributed by atoms with van der Waals surface area (Å²) in [5.74, 6) is 0.0175. The van der Waals surface area contributed by atoms with Crippen LogP contribution in [0.1, 0.15) is 11.1 Å². The first-order valence-electron chi connectivity index (χ1n) is 11.5. The zero-order valence-electron chi connectivity index (χ0n) is 21.0. The van der Waals surface area contributed by atoms with Gasteiger partial charge in [0.25, 0.3) is 0 Å². The molecule has 4 amide bonds. The molecule has 40 heavy (non-hydrogen) atoms. The van der Waals surface area contributed by atoms with Crippen molar-refractivity contribution in [1.29, 1.82) is 0 Å². The van der Waals surface area contributed by atoms with E-state index in [2.05, 4.69) is 21.3 Å². The van der Waals surface area contributed by atoms with Crippen molar-refractivity contribution < 1.29 is 19.1 Å². The first kappa shape index (κ1) is 32.1. The molecule has 8 nitrogen and oxygen atoms in total. The van der Waals surface area contributed by atoms with Gasteiger partial charge in [-0.1, -0.05) is 117 Å². The van der Waals surface area contributed by atoms with Gasteiger partial charge in [-0.3, -0.25) is 10.6 Å². The summed E-state index contributed by atoms with van der Waals surface area (Å²) in [5, 5.41) is 10.2. The molecule has 0 aromatic heterocycles. The molecule has 0 aliphatic rings. The van der Waals surface area contributed by atoms with Crippen molar-refractivity contribution in [2.24, 2.45) is 0 Å². The molecule has 2 atom stereocenters. The molecule has 0 saturated heterocycles. The Labute approximate surface area is 261 Å². The highest BCUT2D eigenvalue weighted by atomic mass is 35.6. The Morgan fingerprint density at radius 2 is 0.925 bits per heavy atom. The number of alkyl halides is 6. The molecule has 0 bridgehead atoms. The minimum atomic E-state index is -2.11. The number of nitrogens with one attached hydrogen (secondary N) is 4. The fourth-order valence-corrected chi connectivity index (χ4v) is 3.70. The molecular formula is C26H24Cl6N4O4. The lowest BCUT2D eigenvalue weighted by molar-refractivity contribution is 0.140. The maximum atomic E-state index is 12.6. The van der Waals surface area contributed by atoms with Crippen LogP contribution in [0.5, 0.6) is 11.5 Å². The van der Waals surface area contributed by atoms with Crippen molar-refractivity contribution in [3.05, 3.63) is 83.9 Å². The summed E-state index contributed by atoms with van der Waals surface area (Å²) >= 11 is 36.6. The highest BCUT2D eigenvalue weighted by Gasteiger charge is 2.39. The quantitative estimate of drug-likeness (QED) is 0.144. The number of rotatable bonds is 8. The molecule has 4 N–H and O–H groups in total. The van der Waals surface area contributed by atoms with E-state index in [-0.39, 0.29) is 11.5 Å². The molecule has 3 aromatic carbocycles. The van der Waals surface area contributed by atoms with E-state index in [4.69, 9.17) is 79.1 Å². The number of amides is 4. The molecule has 0 heterocycles. The fourth-order valence-electron chi connectivity index (χ4n) is 3.10. The molecule has 0 unspecified atom stereocenters. The highest BCUT2D eigenvalue weighted by Crippen LogP contribution is 2.38. The van der Waals surface area contributed by atoms with Crippen LogP contribution in [0.15, 0.2) is 72.8 Å². The predicted molar refractivity (Wildman–Crippen MR) is 163 cm³/mol. The van der Waals surface area contributed by atoms with Crippen molar-refractivity contribution in [1.82, 2.24) is 10.6 Å². The Balaban J connectivity index is 1.74. The standard InChI is InChI=1S/C26H24Cl6N4O4/c1-15-7-11-17(12-8-15)33-23(37)35-21(25(27,28)29)39-19-5-3-4-6-20(19)40-22(26(30,31)32)36-24(38)34-18-13-9-16(2)10-14-18/h3-14,21-22H,1-2H3,(H2,33,35,37)(H2,34,36,38)/t21-,22+. The maximum absolute atomic E-state index is 12.6. The largest absolute Gasteiger partial charge is 0.462 e. The summed E-state index contributed by atoms with van der Waals surface area (Å²) < 4.78 is 7.40. The van der Waals surface area contributed by atoms with Crippen molar-refractivity contribution in [3.63, 3.8) is 0 Å². The number of benzene rings is 3. The van der Waals surface area contributed by atoms with Crippen LogP contribution < -0.4 is 30.7 Å². The molecule has 214 valence electrons. The molecular weight excluding hydrogens is 645 g/mol. The second kappa shape index (κ2) is 13.9. The third kappa shape index (κ3) is 10.2. The van der Waals surface area contributed by atoms with Crippen LogP contribution in [-0.2, 0) is 0 Å². The van der Waals surface area contributed by atoms with E-state index in [0.29, 0.717) is 11.4 Å². The third-order valence-corrected chi connectivity index (χ3v) is 6.27. The van der Waals surface area contributed by atoms with Gasteiger partial charge in [0.1, 0.15) is 0 Å². The van der Waals surface area contributed by atoms with Crippen molar-refractivity contribution in [2.45, 2.75) is 33.9 Å². The van der Waals surface area contributed by atoms with Gasteiger partial charge in [-0.15, -0.1) is 0 Å². The molecule has 0 radical (unpaired) electrons. The Kier molecular flexibility index (Phi) is 11.2. The second-order valence-electron chi connectivity index (χ2n) is 8.45. The number of aryl methyl sites for hydroxylation is 2. The minimum absolute atomic E-state index is 0.00875. The van der Waals surface area contributed by atoms with Gasteiger partial charge in [0.05, 0.1) is 0 Å². The lowest BCUT2D eigenvalue weighted by Gasteiger charge is -2.29. The van der Waals surface area contributed by atoms with Gasteiger partial charge in [-0.2, -0.15) is 0 Å². The van der Waals surface area contributed by atoms with Crippen molar-refractivity contribution >= 4 is 93.0 Å². The van der Waals surface area contributed by atoms with E-state index in [0.717, 1.165) is 11.1 Å². The Morgan fingerprint density at radius 1 is 0.600 bits per heavy atom. The number of carbonyl (C=O) groups excluding carboxylic acids is 2. The van der Waals surface area contributed by atoms with E-state index in [1.807, 2.05) is 38.1 Å². The SMILES string of the molecule is Cc1ccc(NC(=O)N[C@H](Oc2ccccc2O[C@H](NC(=O)Nc2ccc(C)cc2)C(Cl)(Cl)Cl)C(Cl)(Cl)Cl)cc1. The van der Waals surface area contributed by atoms with E-state index in [1.54, 1.807) is 36.4 Å². The zero-order valence-corrected chi connectivity index (χ0v) is 25.5. The molecule has 0 fully saturated rings. The summed E-state index contributed by atoms with van der Waals surface area (Å²) in [7, 11) is 0. The summed E-state index contributed by atoms with van der Waals surface area (Å²) in [5.41, 5.74) is 3.05. The molecule has 14 heteroatoms. The van der Waals surface area contributed by atoms with Crippen LogP contribution in [-0.4, -0.2) is 32.1 Å². The van der Waals surface area contributed by atoms with Gasteiger partial charge in [-0.05, 0) is 50.2 Å². The van der Waals surface area contributed by atoms with E-state index >= 15 is 0 Å². The van der Waals surface area contributed by atoms with Gasteiger partial charge >= 0.3 is 12.1 Å². The predicted octanol–water partition coefficient (Wildman–Crippen LogP) is 8.10. The first-order chi connectivity index (χ1) is 18.7. The Bertz CT molecular complexity index is 1200. The molecule has 0 aliphatic heterocycles. The van der Waals surface area contributed by atoms with Crippen LogP contribution >= 0.6 is 69.6 Å². The number of urea groups is 2. The maximum Gasteiger partial charge on any atom is 0.322 e. The summed E-state index contributed by atoms with van der Waals surface area (Å²) in [6.45, 7) is 3.82. The van der Waals surface area contributed by atoms with Gasteiger partial charge in [0.2, 0.25) is 20.0 Å². The fraction of sp³-hybridized carbons (Fsp3) is 0.231. The average Bonchev–Trinajstić information content (AvgIpc) is 2.86. The highest BCUT2D eigenvalue weighted by molar-refractivity contribution is 6.68. The molecule has 3 aromatic rings. The lowest BCUT2D eigenvalue weighted by atomic mass is 10.2. The molecule has 0 saturated carbocycles. The van der Waals surface area contributed by atoms with Crippen molar-refractivity contribution in [3.8, 4) is 11.5 Å². The third-order valence-electron chi connectivity index (χ3n) is 5.08. The van der Waals surface area contributed by atoms with Crippen LogP contribution in [0.4, 0.5) is 21.0 Å². The number of anilines is 2. The molecule has 3 rings (SSSR count). The first-order valence-corrected chi connectivity index (χ1v) is 13.8. The van der Waals surface area contributed by atoms with Gasteiger partial charge in [0, 0.05) is 11.4 Å². The second-order valence-corrected chi connectivity index (χ2v) is 13.2. The number of para-hydroxylation sites is 2. The van der Waals surface area contributed by atoms with Gasteiger partial charge in [0.15, 0.2) is 11.5 Å². The zero-order chi connectivity index (χ0) is 29.5. The Morgan fingerprint density at radius 3 is 1.23 bits per heavy atom. The van der Waals surface area contributed by atoms with E-state index in [1.165, 1.54) is 12.1 Å². The van der Waals surface area contributed by atoms with Gasteiger partial charge < -0.3 is 20.1 Å². The lowest BCUT2D eigenvalue weighted by Crippen LogP contribution is -2.50. The van der Waals surface area contributed by atoms with Crippen LogP contribution in [0, 0.1) is 13.8 Å².